The van der Waals surface area contributed by atoms with Gasteiger partial charge in [-0.15, -0.1) is 0 Å². The summed E-state index contributed by atoms with van der Waals surface area (Å²) in [5, 5.41) is 8.50. The summed E-state index contributed by atoms with van der Waals surface area (Å²) < 4.78 is 8.25. The van der Waals surface area contributed by atoms with Crippen molar-refractivity contribution in [3.05, 3.63) is 64.0 Å². The fraction of sp³-hybridized carbons (Fsp3) is 0.217. The molecule has 0 fully saturated rings. The number of amides is 1. The van der Waals surface area contributed by atoms with Crippen LogP contribution < -0.4 is 5.32 Å². The van der Waals surface area contributed by atoms with Crippen molar-refractivity contribution in [1.29, 1.82) is 0 Å². The first-order chi connectivity index (χ1) is 15.5. The molecule has 0 saturated heterocycles. The number of aryl methyl sites for hydroxylation is 1. The number of benzene rings is 1. The van der Waals surface area contributed by atoms with Gasteiger partial charge in [0.25, 0.3) is 0 Å². The summed E-state index contributed by atoms with van der Waals surface area (Å²) in [7, 11) is 1.69. The van der Waals surface area contributed by atoms with E-state index in [0.29, 0.717) is 11.7 Å². The molecule has 3 heterocycles. The average Bonchev–Trinajstić information content (AvgIpc) is 3.36. The number of carbonyl (C=O) groups is 1. The van der Waals surface area contributed by atoms with Crippen LogP contribution in [0.3, 0.4) is 0 Å². The summed E-state index contributed by atoms with van der Waals surface area (Å²) in [5.74, 6) is -0.129. The van der Waals surface area contributed by atoms with Gasteiger partial charge in [-0.2, -0.15) is 5.10 Å². The van der Waals surface area contributed by atoms with Crippen LogP contribution in [0.25, 0.3) is 27.5 Å². The lowest BCUT2D eigenvalue weighted by Crippen LogP contribution is -2.07. The lowest BCUT2D eigenvalue weighted by atomic mass is 9.95. The molecule has 1 aromatic carbocycles. The molecule has 32 heavy (non-hydrogen) atoms. The molecule has 4 aromatic rings. The minimum absolute atomic E-state index is 0.129. The van der Waals surface area contributed by atoms with Gasteiger partial charge in [-0.1, -0.05) is 17.4 Å². The number of thiazole rings is 1. The van der Waals surface area contributed by atoms with E-state index in [9.17, 15) is 4.79 Å². The molecule has 0 bridgehead atoms. The van der Waals surface area contributed by atoms with Crippen molar-refractivity contribution in [2.75, 3.05) is 12.4 Å². The number of anilines is 1. The van der Waals surface area contributed by atoms with Crippen LogP contribution in [0.2, 0.25) is 0 Å². The molecule has 1 aliphatic rings. The van der Waals surface area contributed by atoms with Crippen molar-refractivity contribution < 1.29 is 9.53 Å². The quantitative estimate of drug-likeness (QED) is 0.408. The number of methoxy groups -OCH3 is 1. The van der Waals surface area contributed by atoms with Gasteiger partial charge in [-0.3, -0.25) is 9.78 Å². The molecule has 0 atom stereocenters. The second kappa shape index (κ2) is 8.57. The summed E-state index contributed by atoms with van der Waals surface area (Å²) in [5.41, 5.74) is 7.01. The highest BCUT2D eigenvalue weighted by atomic mass is 79.9. The molecule has 0 spiro atoms. The zero-order valence-corrected chi connectivity index (χ0v) is 20.0. The summed E-state index contributed by atoms with van der Waals surface area (Å²) >= 11 is 5.19. The SMILES string of the molecule is COCc1ccc(Br)c(-n2nc(-c3cccnc3)c3c2-c2sc(NC(C)=O)nc2CC3)c1. The molecule has 1 N–H and O–H groups in total. The van der Waals surface area contributed by atoms with Crippen LogP contribution in [0.1, 0.15) is 23.7 Å². The number of nitrogens with zero attached hydrogens (tertiary/aromatic N) is 4. The van der Waals surface area contributed by atoms with Crippen molar-refractivity contribution >= 4 is 38.3 Å². The first-order valence-electron chi connectivity index (χ1n) is 10.1. The van der Waals surface area contributed by atoms with Gasteiger partial charge in [-0.25, -0.2) is 9.67 Å². The van der Waals surface area contributed by atoms with Crippen molar-refractivity contribution in [2.45, 2.75) is 26.4 Å². The Morgan fingerprint density at radius 3 is 2.94 bits per heavy atom. The molecule has 162 valence electrons. The number of aromatic nitrogens is 4. The van der Waals surface area contributed by atoms with E-state index in [-0.39, 0.29) is 5.91 Å². The largest absolute Gasteiger partial charge is 0.380 e. The molecule has 7 nitrogen and oxygen atoms in total. The molecule has 0 aliphatic heterocycles. The van der Waals surface area contributed by atoms with Gasteiger partial charge in [0.15, 0.2) is 5.13 Å². The molecule has 0 radical (unpaired) electrons. The Labute approximate surface area is 197 Å². The minimum atomic E-state index is -0.129. The van der Waals surface area contributed by atoms with Crippen molar-refractivity contribution in [2.24, 2.45) is 0 Å². The molecular weight excluding hydrogens is 490 g/mol. The Hall–Kier alpha value is -2.88. The van der Waals surface area contributed by atoms with E-state index in [0.717, 1.165) is 61.7 Å². The van der Waals surface area contributed by atoms with E-state index >= 15 is 0 Å². The summed E-state index contributed by atoms with van der Waals surface area (Å²) in [6.45, 7) is 2.01. The predicted molar refractivity (Wildman–Crippen MR) is 128 cm³/mol. The van der Waals surface area contributed by atoms with Crippen molar-refractivity contribution in [3.63, 3.8) is 0 Å². The van der Waals surface area contributed by atoms with Crippen LogP contribution in [0, 0.1) is 0 Å². The molecule has 9 heteroatoms. The van der Waals surface area contributed by atoms with E-state index in [2.05, 4.69) is 37.3 Å². The third-order valence-electron chi connectivity index (χ3n) is 5.28. The van der Waals surface area contributed by atoms with Gasteiger partial charge in [-0.05, 0) is 58.6 Å². The number of halogens is 1. The lowest BCUT2D eigenvalue weighted by molar-refractivity contribution is -0.114. The highest BCUT2D eigenvalue weighted by Gasteiger charge is 2.30. The number of hydrogen-bond donors (Lipinski definition) is 1. The van der Waals surface area contributed by atoms with Crippen LogP contribution in [0.5, 0.6) is 0 Å². The van der Waals surface area contributed by atoms with Crippen LogP contribution >= 0.6 is 27.3 Å². The lowest BCUT2D eigenvalue weighted by Gasteiger charge is -2.15. The molecule has 3 aromatic heterocycles. The van der Waals surface area contributed by atoms with E-state index in [4.69, 9.17) is 9.84 Å². The van der Waals surface area contributed by atoms with Gasteiger partial charge in [0.1, 0.15) is 0 Å². The van der Waals surface area contributed by atoms with Crippen molar-refractivity contribution in [1.82, 2.24) is 19.7 Å². The molecule has 1 amide bonds. The maximum atomic E-state index is 11.6. The molecular formula is C23H20BrN5O2S. The standard InChI is InChI=1S/C23H20BrN5O2S/c1-13(30)26-23-27-18-8-6-16-20(15-4-3-9-25-11-15)28-29(21(16)22(18)32-23)19-10-14(12-31-2)5-7-17(19)24/h3-5,7,9-11H,6,8,12H2,1-2H3,(H,26,27,30). The minimum Gasteiger partial charge on any atom is -0.380 e. The Morgan fingerprint density at radius 1 is 1.31 bits per heavy atom. The van der Waals surface area contributed by atoms with Crippen LogP contribution in [0.4, 0.5) is 5.13 Å². The van der Waals surface area contributed by atoms with E-state index < -0.39 is 0 Å². The topological polar surface area (TPSA) is 81.9 Å². The maximum absolute atomic E-state index is 11.6. The maximum Gasteiger partial charge on any atom is 0.223 e. The molecule has 1 aliphatic carbocycles. The summed E-state index contributed by atoms with van der Waals surface area (Å²) in [4.78, 5) is 21.6. The normalized spacial score (nSPS) is 12.3. The Morgan fingerprint density at radius 2 is 2.19 bits per heavy atom. The number of pyridine rings is 1. The van der Waals surface area contributed by atoms with E-state index in [1.165, 1.54) is 18.3 Å². The fourth-order valence-electron chi connectivity index (χ4n) is 3.96. The monoisotopic (exact) mass is 509 g/mol. The first kappa shape index (κ1) is 21.0. The number of carbonyl (C=O) groups excluding carboxylic acids is 1. The van der Waals surface area contributed by atoms with Gasteiger partial charge < -0.3 is 10.1 Å². The fourth-order valence-corrected chi connectivity index (χ4v) is 5.49. The third-order valence-corrected chi connectivity index (χ3v) is 6.97. The Balaban J connectivity index is 1.75. The molecule has 0 unspecified atom stereocenters. The Kier molecular flexibility index (Phi) is 5.62. The van der Waals surface area contributed by atoms with Crippen LogP contribution in [-0.2, 0) is 29.0 Å². The smallest absolute Gasteiger partial charge is 0.223 e. The highest BCUT2D eigenvalue weighted by Crippen LogP contribution is 2.44. The van der Waals surface area contributed by atoms with Crippen LogP contribution in [-0.4, -0.2) is 32.8 Å². The Bertz CT molecular complexity index is 1320. The molecule has 5 rings (SSSR count). The number of ether oxygens (including phenoxy) is 1. The number of nitrogens with one attached hydrogen (secondary N) is 1. The first-order valence-corrected chi connectivity index (χ1v) is 11.7. The summed E-state index contributed by atoms with van der Waals surface area (Å²) in [6.07, 6.45) is 5.21. The zero-order chi connectivity index (χ0) is 22.2. The zero-order valence-electron chi connectivity index (χ0n) is 17.6. The van der Waals surface area contributed by atoms with Gasteiger partial charge >= 0.3 is 0 Å². The predicted octanol–water partition coefficient (Wildman–Crippen LogP) is 5.02. The number of hydrogen-bond acceptors (Lipinski definition) is 6. The van der Waals surface area contributed by atoms with Gasteiger partial charge in [0.05, 0.1) is 34.3 Å². The molecule has 0 saturated carbocycles. The average molecular weight is 510 g/mol. The second-order valence-electron chi connectivity index (χ2n) is 7.52. The van der Waals surface area contributed by atoms with E-state index in [1.807, 2.05) is 35.1 Å². The van der Waals surface area contributed by atoms with Crippen molar-refractivity contribution in [3.8, 4) is 27.5 Å². The highest BCUT2D eigenvalue weighted by molar-refractivity contribution is 9.10. The van der Waals surface area contributed by atoms with Crippen LogP contribution in [0.15, 0.2) is 47.2 Å². The van der Waals surface area contributed by atoms with Gasteiger partial charge in [0.2, 0.25) is 5.91 Å². The third kappa shape index (κ3) is 3.76. The summed E-state index contributed by atoms with van der Waals surface area (Å²) in [6, 6.07) is 10.1. The number of rotatable bonds is 5. The second-order valence-corrected chi connectivity index (χ2v) is 9.38. The van der Waals surface area contributed by atoms with Gasteiger partial charge in [0, 0.05) is 42.0 Å². The van der Waals surface area contributed by atoms with E-state index in [1.54, 1.807) is 13.3 Å². The number of fused-ring (bicyclic) bond motifs is 3.